The van der Waals surface area contributed by atoms with Gasteiger partial charge >= 0.3 is 0 Å². The van der Waals surface area contributed by atoms with Crippen LogP contribution in [-0.4, -0.2) is 11.3 Å². The zero-order valence-corrected chi connectivity index (χ0v) is 53.5. The van der Waals surface area contributed by atoms with Gasteiger partial charge < -0.3 is 14.4 Å². The quantitative estimate of drug-likeness (QED) is 0.147. The molecule has 0 bridgehead atoms. The molecule has 0 radical (unpaired) electrons. The molecule has 14 rings (SSSR count). The standard InChI is InChI=1S/C82H88BN3/c1-79(2,3)59-39-41-72-66(45-59)67-46-60(80(4,5)6)40-42-73(67)86(72)63-47-76-78-77(48-63)85(62-38-26-36-58(44-62)54-29-19-14-20-30-54)75-52-69(82(10,11)12)65(56-33-23-16-24-34-56)50-71(75)83(78)70-49-64(55-31-21-15-22-32-55)68(81(7,8)9)51-74(70)84(76)61-37-25-35-57(43-61)53-27-17-13-18-28-53/h15-16,21-26,31-54H,13-14,17-20,27-30H2,1-12H3. The fourth-order valence-corrected chi connectivity index (χ4v) is 15.7. The van der Waals surface area contributed by atoms with Crippen LogP contribution < -0.4 is 26.2 Å². The van der Waals surface area contributed by atoms with E-state index in [-0.39, 0.29) is 28.4 Å². The molecule has 10 aromatic rings. The minimum absolute atomic E-state index is 0.0199. The summed E-state index contributed by atoms with van der Waals surface area (Å²) in [4.78, 5) is 5.47. The molecule has 0 N–H and O–H groups in total. The van der Waals surface area contributed by atoms with E-state index in [1.54, 1.807) is 0 Å². The highest BCUT2D eigenvalue weighted by Gasteiger charge is 2.46. The van der Waals surface area contributed by atoms with Crippen LogP contribution in [0.4, 0.5) is 34.1 Å². The van der Waals surface area contributed by atoms with E-state index in [1.807, 2.05) is 0 Å². The highest BCUT2D eigenvalue weighted by Crippen LogP contribution is 2.51. The Morgan fingerprint density at radius 2 is 0.756 bits per heavy atom. The average Bonchev–Trinajstić information content (AvgIpc) is 0.806. The topological polar surface area (TPSA) is 11.4 Å². The second kappa shape index (κ2) is 21.1. The molecule has 434 valence electrons. The summed E-state index contributed by atoms with van der Waals surface area (Å²) in [5.41, 5.74) is 28.3. The molecular weight excluding hydrogens is 1040 g/mol. The second-order valence-electron chi connectivity index (χ2n) is 30.3. The maximum atomic E-state index is 2.73. The van der Waals surface area contributed by atoms with Crippen molar-refractivity contribution in [1.82, 2.24) is 4.57 Å². The molecule has 3 nitrogen and oxygen atoms in total. The lowest BCUT2D eigenvalue weighted by atomic mass is 9.33. The van der Waals surface area contributed by atoms with Gasteiger partial charge in [-0.1, -0.05) is 231 Å². The molecule has 2 aliphatic carbocycles. The third-order valence-corrected chi connectivity index (χ3v) is 20.3. The van der Waals surface area contributed by atoms with Gasteiger partial charge in [0.25, 0.3) is 6.71 Å². The molecular formula is C82H88BN3. The average molecular weight is 1130 g/mol. The lowest BCUT2D eigenvalue weighted by Crippen LogP contribution is -2.61. The molecule has 0 atom stereocenters. The molecule has 3 heterocycles. The van der Waals surface area contributed by atoms with Gasteiger partial charge in [-0.25, -0.2) is 0 Å². The summed E-state index contributed by atoms with van der Waals surface area (Å²) in [5, 5.41) is 2.61. The molecule has 0 unspecified atom stereocenters. The minimum Gasteiger partial charge on any atom is -0.311 e. The van der Waals surface area contributed by atoms with Gasteiger partial charge in [-0.15, -0.1) is 0 Å². The van der Waals surface area contributed by atoms with Crippen LogP contribution in [0.2, 0.25) is 0 Å². The van der Waals surface area contributed by atoms with E-state index in [2.05, 4.69) is 279 Å². The lowest BCUT2D eigenvalue weighted by Gasteiger charge is -2.46. The van der Waals surface area contributed by atoms with Crippen molar-refractivity contribution in [2.75, 3.05) is 9.80 Å². The molecule has 4 aliphatic rings. The number of aromatic nitrogens is 1. The van der Waals surface area contributed by atoms with Crippen molar-refractivity contribution in [3.63, 3.8) is 0 Å². The van der Waals surface area contributed by atoms with Gasteiger partial charge in [-0.3, -0.25) is 0 Å². The van der Waals surface area contributed by atoms with Gasteiger partial charge in [0.1, 0.15) is 0 Å². The number of hydrogen-bond donors (Lipinski definition) is 0. The van der Waals surface area contributed by atoms with Crippen LogP contribution in [-0.2, 0) is 21.7 Å². The largest absolute Gasteiger partial charge is 0.311 e. The van der Waals surface area contributed by atoms with E-state index in [4.69, 9.17) is 0 Å². The molecule has 86 heavy (non-hydrogen) atoms. The highest BCUT2D eigenvalue weighted by molar-refractivity contribution is 7.00. The summed E-state index contributed by atoms with van der Waals surface area (Å²) in [6, 6.07) is 72.6. The van der Waals surface area contributed by atoms with E-state index in [9.17, 15) is 0 Å². The fraction of sp³-hybridized carbons (Fsp3) is 0.341. The Morgan fingerprint density at radius 3 is 1.14 bits per heavy atom. The third kappa shape index (κ3) is 9.82. The van der Waals surface area contributed by atoms with Gasteiger partial charge in [0, 0.05) is 44.9 Å². The molecule has 2 fully saturated rings. The number of fused-ring (bicyclic) bond motifs is 7. The van der Waals surface area contributed by atoms with Crippen molar-refractivity contribution in [2.24, 2.45) is 0 Å². The summed E-state index contributed by atoms with van der Waals surface area (Å²) in [7, 11) is 0. The summed E-state index contributed by atoms with van der Waals surface area (Å²) in [6.07, 6.45) is 12.8. The van der Waals surface area contributed by atoms with Crippen molar-refractivity contribution in [2.45, 2.75) is 181 Å². The van der Waals surface area contributed by atoms with Crippen LogP contribution in [0, 0.1) is 0 Å². The SMILES string of the molecule is CC(C)(C)c1ccc2c(c1)c1cc(C(C)(C)C)ccc1n2-c1cc2c3c(c1)N(c1cccc(C4CCCCC4)c1)c1cc(C(C)(C)C)c(-c4ccccc4)cc1B3c1cc(-c3ccccc3)c(C(C)(C)C)cc1N2c1cccc(C2CCCCC2)c1. The molecule has 0 spiro atoms. The predicted molar refractivity (Wildman–Crippen MR) is 372 cm³/mol. The number of benzene rings is 9. The van der Waals surface area contributed by atoms with Gasteiger partial charge in [-0.05, 0) is 204 Å². The van der Waals surface area contributed by atoms with Crippen LogP contribution in [0.25, 0.3) is 49.7 Å². The first-order chi connectivity index (χ1) is 41.2. The number of hydrogen-bond acceptors (Lipinski definition) is 2. The molecule has 2 aliphatic heterocycles. The van der Waals surface area contributed by atoms with Crippen molar-refractivity contribution in [3.8, 4) is 27.9 Å². The van der Waals surface area contributed by atoms with E-state index in [0.29, 0.717) is 11.8 Å². The first-order valence-corrected chi connectivity index (χ1v) is 32.7. The van der Waals surface area contributed by atoms with Gasteiger partial charge in [0.15, 0.2) is 0 Å². The van der Waals surface area contributed by atoms with E-state index < -0.39 is 0 Å². The second-order valence-corrected chi connectivity index (χ2v) is 30.3. The summed E-state index contributed by atoms with van der Waals surface area (Å²) < 4.78 is 2.63. The van der Waals surface area contributed by atoms with Crippen molar-refractivity contribution in [1.29, 1.82) is 0 Å². The minimum atomic E-state index is -0.170. The molecule has 0 amide bonds. The summed E-state index contributed by atoms with van der Waals surface area (Å²) in [5.74, 6) is 1.10. The Labute approximate surface area is 514 Å². The van der Waals surface area contributed by atoms with Crippen LogP contribution in [0.5, 0.6) is 0 Å². The monoisotopic (exact) mass is 1130 g/mol. The molecule has 9 aromatic carbocycles. The van der Waals surface area contributed by atoms with Crippen LogP contribution in [0.15, 0.2) is 182 Å². The number of nitrogens with zero attached hydrogens (tertiary/aromatic N) is 3. The Morgan fingerprint density at radius 1 is 0.349 bits per heavy atom. The van der Waals surface area contributed by atoms with Crippen molar-refractivity contribution >= 4 is 79.0 Å². The molecule has 2 saturated carbocycles. The Hall–Kier alpha value is -7.56. The third-order valence-electron chi connectivity index (χ3n) is 20.3. The Kier molecular flexibility index (Phi) is 13.8. The summed E-state index contributed by atoms with van der Waals surface area (Å²) in [6.45, 7) is 28.5. The first-order valence-electron chi connectivity index (χ1n) is 32.7. The van der Waals surface area contributed by atoms with Gasteiger partial charge in [-0.2, -0.15) is 0 Å². The fourth-order valence-electron chi connectivity index (χ4n) is 15.7. The Balaban J connectivity index is 1.16. The zero-order valence-electron chi connectivity index (χ0n) is 53.5. The van der Waals surface area contributed by atoms with Crippen LogP contribution in [0.3, 0.4) is 0 Å². The zero-order chi connectivity index (χ0) is 59.6. The number of anilines is 6. The predicted octanol–water partition coefficient (Wildman–Crippen LogP) is 21.5. The smallest absolute Gasteiger partial charge is 0.252 e. The molecule has 1 aromatic heterocycles. The highest BCUT2D eigenvalue weighted by atomic mass is 15.2. The van der Waals surface area contributed by atoms with Crippen LogP contribution in [0.1, 0.15) is 193 Å². The van der Waals surface area contributed by atoms with Gasteiger partial charge in [0.05, 0.1) is 16.7 Å². The van der Waals surface area contributed by atoms with E-state index in [0.717, 1.165) is 0 Å². The van der Waals surface area contributed by atoms with Crippen molar-refractivity contribution < 1.29 is 0 Å². The van der Waals surface area contributed by atoms with E-state index in [1.165, 1.54) is 198 Å². The van der Waals surface area contributed by atoms with Gasteiger partial charge in [0.2, 0.25) is 0 Å². The molecule has 4 heteroatoms. The maximum absolute atomic E-state index is 2.73. The first kappa shape index (κ1) is 56.3. The summed E-state index contributed by atoms with van der Waals surface area (Å²) >= 11 is 0. The van der Waals surface area contributed by atoms with Crippen LogP contribution >= 0.6 is 0 Å². The normalized spacial score (nSPS) is 16.0. The number of rotatable bonds is 7. The van der Waals surface area contributed by atoms with E-state index >= 15 is 0 Å². The maximum Gasteiger partial charge on any atom is 0.252 e. The molecule has 0 saturated heterocycles. The van der Waals surface area contributed by atoms with Crippen molar-refractivity contribution in [3.05, 3.63) is 215 Å². The lowest BCUT2D eigenvalue weighted by molar-refractivity contribution is 0.443. The Bertz CT molecular complexity index is 3970.